The summed E-state index contributed by atoms with van der Waals surface area (Å²) in [5.41, 5.74) is -0.0855. The van der Waals surface area contributed by atoms with Crippen molar-refractivity contribution in [3.8, 4) is 0 Å². The number of hydrogen-bond donors (Lipinski definition) is 1. The second-order valence-electron chi connectivity index (χ2n) is 9.23. The van der Waals surface area contributed by atoms with Crippen LogP contribution in [0.25, 0.3) is 10.8 Å². The van der Waals surface area contributed by atoms with Crippen molar-refractivity contribution in [2.24, 2.45) is 0 Å². The average molecular weight is 453 g/mol. The van der Waals surface area contributed by atoms with Crippen molar-refractivity contribution in [3.05, 3.63) is 42.5 Å². The van der Waals surface area contributed by atoms with E-state index in [0.717, 1.165) is 15.7 Å². The number of carbonyl (C=O) groups is 4. The minimum atomic E-state index is -0.923. The highest BCUT2D eigenvalue weighted by molar-refractivity contribution is 6.24. The number of fused-ring (bicyclic) bond motifs is 1. The lowest BCUT2D eigenvalue weighted by molar-refractivity contribution is -0.135. The first kappa shape index (κ1) is 22.6. The van der Waals surface area contributed by atoms with Crippen molar-refractivity contribution < 1.29 is 23.9 Å². The molecule has 9 nitrogen and oxygen atoms in total. The average Bonchev–Trinajstić information content (AvgIpc) is 3.05. The number of amides is 5. The molecule has 9 heteroatoms. The molecular weight excluding hydrogens is 424 g/mol. The van der Waals surface area contributed by atoms with E-state index in [2.05, 4.69) is 5.32 Å². The van der Waals surface area contributed by atoms with Gasteiger partial charge in [0, 0.05) is 31.6 Å². The largest absolute Gasteiger partial charge is 0.444 e. The third-order valence-corrected chi connectivity index (χ3v) is 5.69. The van der Waals surface area contributed by atoms with Crippen LogP contribution in [-0.4, -0.2) is 71.6 Å². The van der Waals surface area contributed by atoms with Crippen LogP contribution in [-0.2, 0) is 14.3 Å². The monoisotopic (exact) mass is 452 g/mol. The van der Waals surface area contributed by atoms with Gasteiger partial charge in [-0.25, -0.2) is 14.5 Å². The number of nitrogens with one attached hydrogen (secondary N) is 1. The number of imide groups is 1. The molecule has 0 spiro atoms. The number of piperazine rings is 1. The van der Waals surface area contributed by atoms with E-state index in [0.29, 0.717) is 31.9 Å². The first-order valence-electron chi connectivity index (χ1n) is 11.0. The van der Waals surface area contributed by atoms with Gasteiger partial charge in [-0.2, -0.15) is 0 Å². The van der Waals surface area contributed by atoms with E-state index < -0.39 is 29.7 Å². The number of carbonyl (C=O) groups excluding carboxylic acids is 4. The van der Waals surface area contributed by atoms with Crippen LogP contribution in [0.1, 0.15) is 27.2 Å². The van der Waals surface area contributed by atoms with Crippen LogP contribution in [0.3, 0.4) is 0 Å². The van der Waals surface area contributed by atoms with E-state index in [9.17, 15) is 19.2 Å². The Morgan fingerprint density at radius 2 is 1.61 bits per heavy atom. The Labute approximate surface area is 192 Å². The van der Waals surface area contributed by atoms with Gasteiger partial charge in [0.15, 0.2) is 0 Å². The highest BCUT2D eigenvalue weighted by Crippen LogP contribution is 2.29. The summed E-state index contributed by atoms with van der Waals surface area (Å²) in [6, 6.07) is 11.5. The molecule has 4 rings (SSSR count). The smallest absolute Gasteiger partial charge is 0.410 e. The number of hydrogen-bond acceptors (Lipinski definition) is 5. The van der Waals surface area contributed by atoms with Gasteiger partial charge in [0.25, 0.3) is 5.91 Å². The van der Waals surface area contributed by atoms with Gasteiger partial charge in [0.1, 0.15) is 11.6 Å². The van der Waals surface area contributed by atoms with Crippen LogP contribution >= 0.6 is 0 Å². The van der Waals surface area contributed by atoms with Gasteiger partial charge in [-0.15, -0.1) is 0 Å². The molecule has 5 amide bonds. The maximum absolute atomic E-state index is 13.1. The van der Waals surface area contributed by atoms with Gasteiger partial charge in [0.05, 0.1) is 12.1 Å². The maximum atomic E-state index is 13.1. The summed E-state index contributed by atoms with van der Waals surface area (Å²) in [5, 5.41) is 4.35. The Bertz CT molecular complexity index is 1100. The van der Waals surface area contributed by atoms with Crippen molar-refractivity contribution in [2.75, 3.05) is 31.1 Å². The summed E-state index contributed by atoms with van der Waals surface area (Å²) in [6.07, 6.45) is -0.531. The number of urea groups is 1. The normalized spacial score (nSPS) is 19.1. The van der Waals surface area contributed by atoms with Crippen LogP contribution in [0, 0.1) is 0 Å². The zero-order valence-electron chi connectivity index (χ0n) is 19.0. The van der Waals surface area contributed by atoms with Crippen molar-refractivity contribution >= 4 is 40.4 Å². The molecule has 0 saturated carbocycles. The van der Waals surface area contributed by atoms with E-state index in [1.54, 1.807) is 42.7 Å². The van der Waals surface area contributed by atoms with Crippen molar-refractivity contribution in [1.82, 2.24) is 15.1 Å². The lowest BCUT2D eigenvalue weighted by Crippen LogP contribution is -2.52. The molecule has 2 heterocycles. The topological polar surface area (TPSA) is 99.3 Å². The van der Waals surface area contributed by atoms with Crippen molar-refractivity contribution in [1.29, 1.82) is 0 Å². The fraction of sp³-hybridized carbons (Fsp3) is 0.417. The first-order valence-corrected chi connectivity index (χ1v) is 11.0. The van der Waals surface area contributed by atoms with Gasteiger partial charge in [-0.1, -0.05) is 36.4 Å². The summed E-state index contributed by atoms with van der Waals surface area (Å²) in [5.74, 6) is -0.686. The molecule has 1 atom stereocenters. The fourth-order valence-corrected chi connectivity index (χ4v) is 4.07. The molecular formula is C24H28N4O5. The van der Waals surface area contributed by atoms with Gasteiger partial charge in [-0.3, -0.25) is 9.59 Å². The highest BCUT2D eigenvalue weighted by atomic mass is 16.6. The standard InChI is InChI=1S/C24H28N4O5/c1-24(2,3)33-23(32)27-13-11-26(12-14-27)20(29)15-18-21(30)28(22(31)25-18)19-10-6-8-16-7-4-5-9-17(16)19/h4-10,18H,11-15H2,1-3H3,(H,25,31)/t18-/m1/s1. The molecule has 2 saturated heterocycles. The predicted molar refractivity (Wildman–Crippen MR) is 123 cm³/mol. The number of anilines is 1. The van der Waals surface area contributed by atoms with E-state index in [1.165, 1.54) is 0 Å². The summed E-state index contributed by atoms with van der Waals surface area (Å²) < 4.78 is 5.38. The molecule has 2 aliphatic rings. The van der Waals surface area contributed by atoms with Gasteiger partial charge >= 0.3 is 12.1 Å². The third-order valence-electron chi connectivity index (χ3n) is 5.69. The number of benzene rings is 2. The first-order chi connectivity index (χ1) is 15.6. The summed E-state index contributed by atoms with van der Waals surface area (Å²) in [7, 11) is 0. The second kappa shape index (κ2) is 8.73. The van der Waals surface area contributed by atoms with Crippen molar-refractivity contribution in [3.63, 3.8) is 0 Å². The van der Waals surface area contributed by atoms with Gasteiger partial charge in [0.2, 0.25) is 5.91 Å². The SMILES string of the molecule is CC(C)(C)OC(=O)N1CCN(C(=O)C[C@H]2NC(=O)N(c3cccc4ccccc34)C2=O)CC1. The second-order valence-corrected chi connectivity index (χ2v) is 9.23. The summed E-state index contributed by atoms with van der Waals surface area (Å²) >= 11 is 0. The number of rotatable bonds is 3. The summed E-state index contributed by atoms with van der Waals surface area (Å²) in [6.45, 7) is 6.82. The lowest BCUT2D eigenvalue weighted by atomic mass is 10.1. The molecule has 0 radical (unpaired) electrons. The molecule has 1 N–H and O–H groups in total. The third kappa shape index (κ3) is 4.76. The Kier molecular flexibility index (Phi) is 5.97. The van der Waals surface area contributed by atoms with E-state index in [4.69, 9.17) is 4.74 Å². The number of ether oxygens (including phenoxy) is 1. The molecule has 0 unspecified atom stereocenters. The van der Waals surface area contributed by atoms with E-state index in [1.807, 2.05) is 30.3 Å². The molecule has 174 valence electrons. The molecule has 2 fully saturated rings. The molecule has 2 aromatic rings. The van der Waals surface area contributed by atoms with Crippen LogP contribution in [0.4, 0.5) is 15.3 Å². The quantitative estimate of drug-likeness (QED) is 0.722. The minimum Gasteiger partial charge on any atom is -0.444 e. The lowest BCUT2D eigenvalue weighted by Gasteiger charge is -2.35. The summed E-state index contributed by atoms with van der Waals surface area (Å²) in [4.78, 5) is 55.0. The fourth-order valence-electron chi connectivity index (χ4n) is 4.07. The molecule has 2 aliphatic heterocycles. The van der Waals surface area contributed by atoms with Crippen LogP contribution in [0.2, 0.25) is 0 Å². The van der Waals surface area contributed by atoms with Crippen LogP contribution < -0.4 is 10.2 Å². The maximum Gasteiger partial charge on any atom is 0.410 e. The Hall–Kier alpha value is -3.62. The van der Waals surface area contributed by atoms with E-state index >= 15 is 0 Å². The Morgan fingerprint density at radius 3 is 2.30 bits per heavy atom. The Morgan fingerprint density at radius 1 is 0.970 bits per heavy atom. The molecule has 0 aromatic heterocycles. The minimum absolute atomic E-state index is 0.127. The zero-order valence-corrected chi connectivity index (χ0v) is 19.0. The molecule has 0 aliphatic carbocycles. The highest BCUT2D eigenvalue weighted by Gasteiger charge is 2.41. The van der Waals surface area contributed by atoms with Crippen LogP contribution in [0.15, 0.2) is 42.5 Å². The van der Waals surface area contributed by atoms with Crippen molar-refractivity contribution in [2.45, 2.75) is 38.8 Å². The molecule has 0 bridgehead atoms. The van der Waals surface area contributed by atoms with Gasteiger partial charge in [-0.05, 0) is 32.2 Å². The van der Waals surface area contributed by atoms with Crippen LogP contribution in [0.5, 0.6) is 0 Å². The van der Waals surface area contributed by atoms with E-state index in [-0.39, 0.29) is 12.3 Å². The number of nitrogens with zero attached hydrogens (tertiary/aromatic N) is 3. The zero-order chi connectivity index (χ0) is 23.8. The Balaban J connectivity index is 1.38. The predicted octanol–water partition coefficient (Wildman–Crippen LogP) is 2.73. The molecule has 33 heavy (non-hydrogen) atoms. The van der Waals surface area contributed by atoms with Gasteiger partial charge < -0.3 is 19.9 Å². The molecule has 2 aromatic carbocycles.